The van der Waals surface area contributed by atoms with Gasteiger partial charge < -0.3 is 20.4 Å². The molecular formula is C23H23F3N6O5S. The maximum absolute atomic E-state index is 13.3. The number of hydrogen-bond acceptors (Lipinski definition) is 8. The van der Waals surface area contributed by atoms with Gasteiger partial charge in [0.1, 0.15) is 0 Å². The highest BCUT2D eigenvalue weighted by Crippen LogP contribution is 2.30. The molecule has 202 valence electrons. The maximum Gasteiger partial charge on any atom is 0.490 e. The molecule has 3 aromatic rings. The van der Waals surface area contributed by atoms with Crippen molar-refractivity contribution in [3.8, 4) is 11.8 Å². The quantitative estimate of drug-likeness (QED) is 0.318. The molecule has 3 heterocycles. The summed E-state index contributed by atoms with van der Waals surface area (Å²) in [5.74, 6) is 2.80. The van der Waals surface area contributed by atoms with E-state index in [9.17, 15) is 27.9 Å². The summed E-state index contributed by atoms with van der Waals surface area (Å²) in [5.41, 5.74) is 0.652. The number of aliphatic carboxylic acids is 1. The van der Waals surface area contributed by atoms with E-state index in [1.54, 1.807) is 32.2 Å². The second-order valence-corrected chi connectivity index (χ2v) is 8.81. The van der Waals surface area contributed by atoms with Crippen molar-refractivity contribution >= 4 is 40.8 Å². The van der Waals surface area contributed by atoms with Gasteiger partial charge in [0.05, 0.1) is 12.1 Å². The molecular weight excluding hydrogens is 529 g/mol. The molecule has 0 atom stereocenters. The number of halogens is 3. The van der Waals surface area contributed by atoms with Crippen molar-refractivity contribution in [1.82, 2.24) is 24.4 Å². The zero-order valence-electron chi connectivity index (χ0n) is 20.2. The summed E-state index contributed by atoms with van der Waals surface area (Å²) in [6, 6.07) is 6.65. The maximum atomic E-state index is 13.3. The van der Waals surface area contributed by atoms with Crippen LogP contribution in [-0.2, 0) is 18.4 Å². The first-order valence-electron chi connectivity index (χ1n) is 11.1. The van der Waals surface area contributed by atoms with Crippen LogP contribution in [0.3, 0.4) is 0 Å². The van der Waals surface area contributed by atoms with Crippen LogP contribution < -0.4 is 15.8 Å². The number of imidazole rings is 1. The van der Waals surface area contributed by atoms with Crippen molar-refractivity contribution in [3.63, 3.8) is 0 Å². The lowest BCUT2D eigenvalue weighted by molar-refractivity contribution is -0.192. The Balaban J connectivity index is 0.000000505. The number of aromatic nitrogens is 4. The van der Waals surface area contributed by atoms with Crippen LogP contribution in [0.2, 0.25) is 0 Å². The number of hydrogen-bond donors (Lipinski definition) is 3. The zero-order chi connectivity index (χ0) is 28.0. The number of benzene rings is 1. The molecule has 0 spiro atoms. The molecule has 11 nitrogen and oxygen atoms in total. The van der Waals surface area contributed by atoms with Gasteiger partial charge in [0.15, 0.2) is 16.3 Å². The minimum Gasteiger partial charge on any atom is -0.478 e. The number of alkyl halides is 3. The number of rotatable bonds is 5. The van der Waals surface area contributed by atoms with Crippen LogP contribution in [0.1, 0.15) is 17.3 Å². The van der Waals surface area contributed by atoms with E-state index in [2.05, 4.69) is 27.0 Å². The molecule has 0 amide bonds. The molecule has 1 fully saturated rings. The van der Waals surface area contributed by atoms with Crippen molar-refractivity contribution in [1.29, 1.82) is 0 Å². The Morgan fingerprint density at radius 3 is 2.37 bits per heavy atom. The van der Waals surface area contributed by atoms with Gasteiger partial charge in [-0.2, -0.15) is 18.2 Å². The summed E-state index contributed by atoms with van der Waals surface area (Å²) in [5, 5.41) is 20.3. The number of aromatic carboxylic acids is 1. The van der Waals surface area contributed by atoms with Crippen molar-refractivity contribution in [2.24, 2.45) is 7.05 Å². The van der Waals surface area contributed by atoms with E-state index in [0.29, 0.717) is 33.7 Å². The highest BCUT2D eigenvalue weighted by atomic mass is 32.2. The number of nitrogens with one attached hydrogen (secondary N) is 1. The Kier molecular flexibility index (Phi) is 9.02. The van der Waals surface area contributed by atoms with E-state index in [1.165, 1.54) is 10.6 Å². The summed E-state index contributed by atoms with van der Waals surface area (Å²) < 4.78 is 35.0. The smallest absolute Gasteiger partial charge is 0.478 e. The number of carboxylic acids is 2. The molecule has 1 aliphatic rings. The molecule has 38 heavy (non-hydrogen) atoms. The van der Waals surface area contributed by atoms with Crippen molar-refractivity contribution < 1.29 is 33.0 Å². The number of carboxylic acid groups (broad SMARTS) is 2. The Hall–Kier alpha value is -4.03. The number of fused-ring (bicyclic) bond motifs is 1. The first-order chi connectivity index (χ1) is 18.0. The average molecular weight is 553 g/mol. The van der Waals surface area contributed by atoms with Gasteiger partial charge in [-0.1, -0.05) is 29.8 Å². The van der Waals surface area contributed by atoms with Gasteiger partial charge in [0, 0.05) is 38.1 Å². The van der Waals surface area contributed by atoms with Gasteiger partial charge in [-0.25, -0.2) is 14.6 Å². The molecule has 0 saturated carbocycles. The molecule has 15 heteroatoms. The molecule has 4 rings (SSSR count). The number of piperazine rings is 1. The second-order valence-electron chi connectivity index (χ2n) is 7.80. The van der Waals surface area contributed by atoms with Gasteiger partial charge in [-0.15, -0.1) is 5.92 Å². The van der Waals surface area contributed by atoms with E-state index in [0.717, 1.165) is 37.9 Å². The van der Waals surface area contributed by atoms with E-state index in [4.69, 9.17) is 14.9 Å². The van der Waals surface area contributed by atoms with Crippen LogP contribution in [-0.4, -0.2) is 73.6 Å². The Labute approximate surface area is 218 Å². The summed E-state index contributed by atoms with van der Waals surface area (Å²) in [6.45, 7) is 5.32. The monoisotopic (exact) mass is 552 g/mol. The minimum absolute atomic E-state index is 0.159. The van der Waals surface area contributed by atoms with Crippen LogP contribution in [0, 0.1) is 11.8 Å². The van der Waals surface area contributed by atoms with Crippen LogP contribution >= 0.6 is 11.8 Å². The lowest BCUT2D eigenvalue weighted by Crippen LogP contribution is -2.44. The Morgan fingerprint density at radius 1 is 1.16 bits per heavy atom. The highest BCUT2D eigenvalue weighted by molar-refractivity contribution is 7.99. The lowest BCUT2D eigenvalue weighted by atomic mass is 10.2. The highest BCUT2D eigenvalue weighted by Gasteiger charge is 2.38. The lowest BCUT2D eigenvalue weighted by Gasteiger charge is -2.28. The molecule has 1 aromatic carbocycles. The molecule has 0 radical (unpaired) electrons. The topological polar surface area (TPSA) is 143 Å². The third-order valence-electron chi connectivity index (χ3n) is 5.30. The summed E-state index contributed by atoms with van der Waals surface area (Å²) in [6.07, 6.45) is -5.08. The van der Waals surface area contributed by atoms with Crippen LogP contribution in [0.4, 0.5) is 19.1 Å². The van der Waals surface area contributed by atoms with Gasteiger partial charge in [-0.3, -0.25) is 13.9 Å². The van der Waals surface area contributed by atoms with Crippen LogP contribution in [0.25, 0.3) is 11.2 Å². The fourth-order valence-corrected chi connectivity index (χ4v) is 4.43. The van der Waals surface area contributed by atoms with E-state index in [-0.39, 0.29) is 11.1 Å². The van der Waals surface area contributed by atoms with Crippen molar-refractivity contribution in [3.05, 3.63) is 40.2 Å². The molecule has 3 N–H and O–H groups in total. The third kappa shape index (κ3) is 6.45. The molecule has 0 unspecified atom stereocenters. The standard InChI is InChI=1S/C21H22N6O3S.C2HF3O2/c1-3-4-11-27-16-17(23-20(27)26-12-9-22-10-13-26)24-21(25(2)18(16)28)31-15-8-6-5-7-14(15)19(29)30;3-2(4,5)1(6)7/h5-8,22H,9-13H2,1-2H3,(H,29,30);(H,6,7). The van der Waals surface area contributed by atoms with Crippen LogP contribution in [0.5, 0.6) is 0 Å². The normalized spacial score (nSPS) is 13.3. The van der Waals surface area contributed by atoms with Gasteiger partial charge >= 0.3 is 18.1 Å². The predicted octanol–water partition coefficient (Wildman–Crippen LogP) is 2.05. The van der Waals surface area contributed by atoms with Crippen LogP contribution in [0.15, 0.2) is 39.1 Å². The zero-order valence-corrected chi connectivity index (χ0v) is 21.1. The molecule has 1 aliphatic heterocycles. The molecule has 2 aromatic heterocycles. The summed E-state index contributed by atoms with van der Waals surface area (Å²) in [4.78, 5) is 45.7. The number of anilines is 1. The first kappa shape index (κ1) is 28.5. The average Bonchev–Trinajstić information content (AvgIpc) is 3.24. The molecule has 0 aliphatic carbocycles. The summed E-state index contributed by atoms with van der Waals surface area (Å²) >= 11 is 1.14. The van der Waals surface area contributed by atoms with Crippen molar-refractivity contribution in [2.45, 2.75) is 29.7 Å². The molecule has 0 bridgehead atoms. The Morgan fingerprint density at radius 2 is 1.79 bits per heavy atom. The fraction of sp³-hybridized carbons (Fsp3) is 0.348. The third-order valence-corrected chi connectivity index (χ3v) is 6.42. The number of carbonyl (C=O) groups is 2. The Bertz CT molecular complexity index is 1470. The second kappa shape index (κ2) is 12.0. The number of nitrogens with zero attached hydrogens (tertiary/aromatic N) is 5. The van der Waals surface area contributed by atoms with E-state index < -0.39 is 18.1 Å². The van der Waals surface area contributed by atoms with E-state index in [1.807, 2.05) is 4.57 Å². The fourth-order valence-electron chi connectivity index (χ4n) is 3.47. The van der Waals surface area contributed by atoms with Crippen molar-refractivity contribution in [2.75, 3.05) is 31.1 Å². The molecule has 1 saturated heterocycles. The largest absolute Gasteiger partial charge is 0.490 e. The SMILES string of the molecule is CC#CCn1c(N2CCNCC2)nc2nc(Sc3ccccc3C(=O)O)n(C)c(=O)c21.O=C(O)C(F)(F)F. The van der Waals surface area contributed by atoms with Gasteiger partial charge in [0.2, 0.25) is 5.95 Å². The van der Waals surface area contributed by atoms with E-state index >= 15 is 0 Å². The summed E-state index contributed by atoms with van der Waals surface area (Å²) in [7, 11) is 1.63. The predicted molar refractivity (Wildman–Crippen MR) is 133 cm³/mol. The first-order valence-corrected chi connectivity index (χ1v) is 11.9. The minimum atomic E-state index is -5.08. The van der Waals surface area contributed by atoms with Gasteiger partial charge in [-0.05, 0) is 19.1 Å². The van der Waals surface area contributed by atoms with Gasteiger partial charge in [0.25, 0.3) is 5.56 Å².